The Hall–Kier alpha value is -0.0300. The predicted molar refractivity (Wildman–Crippen MR) is 90.1 cm³/mol. The van der Waals surface area contributed by atoms with E-state index in [9.17, 15) is 4.79 Å². The summed E-state index contributed by atoms with van der Waals surface area (Å²) in [6.45, 7) is 8.12. The van der Waals surface area contributed by atoms with Crippen LogP contribution in [0.5, 0.6) is 0 Å². The first-order valence-electron chi connectivity index (χ1n) is 7.38. The molecule has 6 heteroatoms. The molecule has 2 N–H and O–H groups in total. The van der Waals surface area contributed by atoms with E-state index in [0.29, 0.717) is 18.5 Å². The van der Waals surface area contributed by atoms with Crippen LogP contribution in [-0.4, -0.2) is 50.1 Å². The molecule has 0 aromatic rings. The molecule has 1 atom stereocenters. The summed E-state index contributed by atoms with van der Waals surface area (Å²) in [6, 6.07) is 0.517. The van der Waals surface area contributed by atoms with Crippen LogP contribution in [0.25, 0.3) is 0 Å². The van der Waals surface area contributed by atoms with Crippen molar-refractivity contribution in [3.05, 3.63) is 0 Å². The van der Waals surface area contributed by atoms with Gasteiger partial charge in [-0.3, -0.25) is 9.69 Å². The molecule has 0 aromatic carbocycles. The third-order valence-electron chi connectivity index (χ3n) is 4.05. The molecular formula is C14H31Cl2N3O. The van der Waals surface area contributed by atoms with Gasteiger partial charge in [0.2, 0.25) is 5.91 Å². The van der Waals surface area contributed by atoms with E-state index in [-0.39, 0.29) is 30.7 Å². The molecule has 1 fully saturated rings. The summed E-state index contributed by atoms with van der Waals surface area (Å²) >= 11 is 0. The Morgan fingerprint density at radius 3 is 2.15 bits per heavy atom. The van der Waals surface area contributed by atoms with Crippen molar-refractivity contribution < 1.29 is 4.79 Å². The summed E-state index contributed by atoms with van der Waals surface area (Å²) in [7, 11) is 1.80. The lowest BCUT2D eigenvalue weighted by Crippen LogP contribution is -2.48. The number of amides is 1. The second kappa shape index (κ2) is 12.7. The SMILES string of the molecule is CCC(CC)C(CNC(=O)CNC)N1CCCC1.Cl.Cl. The van der Waals surface area contributed by atoms with Crippen LogP contribution < -0.4 is 10.6 Å². The fourth-order valence-electron chi connectivity index (χ4n) is 2.94. The quantitative estimate of drug-likeness (QED) is 0.717. The van der Waals surface area contributed by atoms with Gasteiger partial charge in [0, 0.05) is 12.6 Å². The molecule has 1 amide bonds. The molecule has 1 unspecified atom stereocenters. The second-order valence-corrected chi connectivity index (χ2v) is 5.22. The minimum Gasteiger partial charge on any atom is -0.353 e. The highest BCUT2D eigenvalue weighted by Crippen LogP contribution is 2.22. The maximum atomic E-state index is 11.6. The molecule has 1 saturated heterocycles. The Labute approximate surface area is 136 Å². The molecule has 0 aliphatic carbocycles. The lowest BCUT2D eigenvalue weighted by atomic mass is 9.93. The van der Waals surface area contributed by atoms with E-state index in [1.807, 2.05) is 0 Å². The number of nitrogens with one attached hydrogen (secondary N) is 2. The van der Waals surface area contributed by atoms with Gasteiger partial charge >= 0.3 is 0 Å². The predicted octanol–water partition coefficient (Wildman–Crippen LogP) is 2.07. The van der Waals surface area contributed by atoms with E-state index >= 15 is 0 Å². The molecule has 1 rings (SSSR count). The number of likely N-dealkylation sites (N-methyl/N-ethyl adjacent to an activating group) is 1. The number of halogens is 2. The maximum absolute atomic E-state index is 11.6. The van der Waals surface area contributed by atoms with Gasteiger partial charge < -0.3 is 10.6 Å². The van der Waals surface area contributed by atoms with Crippen molar-refractivity contribution in [3.63, 3.8) is 0 Å². The van der Waals surface area contributed by atoms with E-state index in [1.54, 1.807) is 7.05 Å². The Morgan fingerprint density at radius 2 is 1.70 bits per heavy atom. The van der Waals surface area contributed by atoms with Gasteiger partial charge in [-0.15, -0.1) is 24.8 Å². The molecule has 4 nitrogen and oxygen atoms in total. The van der Waals surface area contributed by atoms with Gasteiger partial charge in [0.15, 0.2) is 0 Å². The highest BCUT2D eigenvalue weighted by molar-refractivity contribution is 5.85. The minimum atomic E-state index is 0. The zero-order chi connectivity index (χ0) is 13.4. The van der Waals surface area contributed by atoms with Gasteiger partial charge in [0.25, 0.3) is 0 Å². The van der Waals surface area contributed by atoms with Gasteiger partial charge in [0.1, 0.15) is 0 Å². The van der Waals surface area contributed by atoms with E-state index in [0.717, 1.165) is 6.54 Å². The summed E-state index contributed by atoms with van der Waals surface area (Å²) in [6.07, 6.45) is 5.00. The summed E-state index contributed by atoms with van der Waals surface area (Å²) in [5.74, 6) is 0.797. The van der Waals surface area contributed by atoms with Gasteiger partial charge in [-0.05, 0) is 38.9 Å². The maximum Gasteiger partial charge on any atom is 0.234 e. The number of hydrogen-bond acceptors (Lipinski definition) is 3. The van der Waals surface area contributed by atoms with Crippen molar-refractivity contribution in [2.75, 3.05) is 33.2 Å². The average Bonchev–Trinajstić information content (AvgIpc) is 2.88. The summed E-state index contributed by atoms with van der Waals surface area (Å²) < 4.78 is 0. The molecule has 20 heavy (non-hydrogen) atoms. The highest BCUT2D eigenvalue weighted by Gasteiger charge is 2.27. The molecule has 0 saturated carbocycles. The third-order valence-corrected chi connectivity index (χ3v) is 4.05. The number of nitrogens with zero attached hydrogens (tertiary/aromatic N) is 1. The van der Waals surface area contributed by atoms with Crippen molar-refractivity contribution in [1.82, 2.24) is 15.5 Å². The lowest BCUT2D eigenvalue weighted by Gasteiger charge is -2.33. The van der Waals surface area contributed by atoms with Crippen molar-refractivity contribution in [1.29, 1.82) is 0 Å². The molecule has 0 spiro atoms. The van der Waals surface area contributed by atoms with E-state index < -0.39 is 0 Å². The van der Waals surface area contributed by atoms with Crippen LogP contribution in [0.15, 0.2) is 0 Å². The van der Waals surface area contributed by atoms with Crippen LogP contribution in [0.1, 0.15) is 39.5 Å². The first kappa shape index (κ1) is 22.3. The molecule has 1 heterocycles. The van der Waals surface area contributed by atoms with E-state index in [4.69, 9.17) is 0 Å². The topological polar surface area (TPSA) is 44.4 Å². The van der Waals surface area contributed by atoms with Gasteiger partial charge in [-0.25, -0.2) is 0 Å². The van der Waals surface area contributed by atoms with Crippen molar-refractivity contribution in [2.24, 2.45) is 5.92 Å². The number of carbonyl (C=O) groups is 1. The van der Waals surface area contributed by atoms with Crippen molar-refractivity contribution >= 4 is 30.7 Å². The zero-order valence-electron chi connectivity index (χ0n) is 13.0. The number of likely N-dealkylation sites (tertiary alicyclic amines) is 1. The molecular weight excluding hydrogens is 297 g/mol. The highest BCUT2D eigenvalue weighted by atomic mass is 35.5. The molecule has 1 aliphatic rings. The first-order valence-corrected chi connectivity index (χ1v) is 7.38. The Kier molecular flexibility index (Phi) is 14.1. The second-order valence-electron chi connectivity index (χ2n) is 5.22. The third kappa shape index (κ3) is 7.11. The smallest absolute Gasteiger partial charge is 0.234 e. The molecule has 1 aliphatic heterocycles. The zero-order valence-corrected chi connectivity index (χ0v) is 14.6. The minimum absolute atomic E-state index is 0. The molecule has 0 aromatic heterocycles. The largest absolute Gasteiger partial charge is 0.353 e. The Balaban J connectivity index is 0. The summed E-state index contributed by atoms with van der Waals surface area (Å²) in [5.41, 5.74) is 0. The number of hydrogen-bond donors (Lipinski definition) is 2. The standard InChI is InChI=1S/C14H29N3O.2ClH/c1-4-12(5-2)13(17-8-6-7-9-17)10-16-14(18)11-15-3;;/h12-13,15H,4-11H2,1-3H3,(H,16,18);2*1H. The van der Waals surface area contributed by atoms with Gasteiger partial charge in [-0.2, -0.15) is 0 Å². The van der Waals surface area contributed by atoms with Gasteiger partial charge in [-0.1, -0.05) is 26.7 Å². The fourth-order valence-corrected chi connectivity index (χ4v) is 2.94. The Bertz CT molecular complexity index is 243. The molecule has 0 radical (unpaired) electrons. The molecule has 0 bridgehead atoms. The van der Waals surface area contributed by atoms with E-state index in [2.05, 4.69) is 29.4 Å². The monoisotopic (exact) mass is 327 g/mol. The Morgan fingerprint density at radius 1 is 1.15 bits per heavy atom. The van der Waals surface area contributed by atoms with Crippen molar-refractivity contribution in [2.45, 2.75) is 45.6 Å². The van der Waals surface area contributed by atoms with Crippen LogP contribution >= 0.6 is 24.8 Å². The van der Waals surface area contributed by atoms with Crippen LogP contribution in [0.3, 0.4) is 0 Å². The number of rotatable bonds is 8. The summed E-state index contributed by atoms with van der Waals surface area (Å²) in [4.78, 5) is 14.1. The van der Waals surface area contributed by atoms with Crippen LogP contribution in [0, 0.1) is 5.92 Å². The lowest BCUT2D eigenvalue weighted by molar-refractivity contribution is -0.120. The van der Waals surface area contributed by atoms with Crippen LogP contribution in [0.2, 0.25) is 0 Å². The summed E-state index contributed by atoms with van der Waals surface area (Å²) in [5, 5.41) is 5.96. The van der Waals surface area contributed by atoms with Crippen molar-refractivity contribution in [3.8, 4) is 0 Å². The molecule has 122 valence electrons. The average molecular weight is 328 g/mol. The number of carbonyl (C=O) groups excluding carboxylic acids is 1. The van der Waals surface area contributed by atoms with Crippen LogP contribution in [0.4, 0.5) is 0 Å². The fraction of sp³-hybridized carbons (Fsp3) is 0.929. The normalized spacial score (nSPS) is 16.4. The van der Waals surface area contributed by atoms with Crippen LogP contribution in [-0.2, 0) is 4.79 Å². The first-order chi connectivity index (χ1) is 8.72. The van der Waals surface area contributed by atoms with Gasteiger partial charge in [0.05, 0.1) is 6.54 Å². The van der Waals surface area contributed by atoms with E-state index in [1.165, 1.54) is 38.8 Å².